The predicted octanol–water partition coefficient (Wildman–Crippen LogP) is 6.09. The van der Waals surface area contributed by atoms with Gasteiger partial charge in [0.25, 0.3) is 0 Å². The van der Waals surface area contributed by atoms with Gasteiger partial charge in [0.05, 0.1) is 17.8 Å². The number of aliphatic hydroxyl groups excluding tert-OH is 2. The molecule has 0 aromatic carbocycles. The van der Waals surface area contributed by atoms with Crippen LogP contribution in [0.1, 0.15) is 118 Å². The molecule has 3 N–H and O–H groups in total. The highest BCUT2D eigenvalue weighted by atomic mass is 16.3. The lowest BCUT2D eigenvalue weighted by atomic mass is 9.38. The number of hydrogen-bond donors (Lipinski definition) is 3. The van der Waals surface area contributed by atoms with Crippen LogP contribution in [0.25, 0.3) is 0 Å². The topological polar surface area (TPSA) is 60.7 Å². The first-order chi connectivity index (χ1) is 14.5. The third kappa shape index (κ3) is 3.73. The highest BCUT2D eigenvalue weighted by molar-refractivity contribution is 5.17. The second-order valence-electron chi connectivity index (χ2n) is 13.3. The van der Waals surface area contributed by atoms with Gasteiger partial charge in [-0.05, 0) is 105 Å². The Labute approximate surface area is 191 Å². The van der Waals surface area contributed by atoms with Crippen molar-refractivity contribution >= 4 is 0 Å². The maximum Gasteiger partial charge on any atom is 0.0653 e. The first kappa shape index (κ1) is 24.0. The van der Waals surface area contributed by atoms with Gasteiger partial charge in [-0.1, -0.05) is 53.4 Å². The summed E-state index contributed by atoms with van der Waals surface area (Å²) in [6.45, 7) is 11.8. The van der Waals surface area contributed by atoms with E-state index in [-0.39, 0.29) is 34.4 Å². The molecule has 0 heterocycles. The van der Waals surface area contributed by atoms with Crippen molar-refractivity contribution in [1.29, 1.82) is 0 Å². The maximum atomic E-state index is 11.6. The molecule has 0 aromatic heterocycles. The summed E-state index contributed by atoms with van der Waals surface area (Å²) >= 11 is 0. The van der Waals surface area contributed by atoms with Crippen molar-refractivity contribution in [3.63, 3.8) is 0 Å². The molecule has 0 bridgehead atoms. The number of unbranched alkanes of at least 4 members (excludes halogenated alkanes) is 3. The summed E-state index contributed by atoms with van der Waals surface area (Å²) in [4.78, 5) is 0. The van der Waals surface area contributed by atoms with Crippen molar-refractivity contribution in [3.8, 4) is 0 Å². The van der Waals surface area contributed by atoms with Crippen LogP contribution in [0.3, 0.4) is 0 Å². The quantitative estimate of drug-likeness (QED) is 0.443. The molecule has 180 valence electrons. The van der Waals surface area contributed by atoms with Crippen LogP contribution in [0.2, 0.25) is 0 Å². The van der Waals surface area contributed by atoms with Crippen LogP contribution in [0.5, 0.6) is 0 Å². The van der Waals surface area contributed by atoms with E-state index < -0.39 is 5.60 Å². The summed E-state index contributed by atoms with van der Waals surface area (Å²) in [6.07, 6.45) is 13.7. The number of aliphatic hydroxyl groups is 3. The van der Waals surface area contributed by atoms with Crippen molar-refractivity contribution in [3.05, 3.63) is 0 Å². The minimum Gasteiger partial charge on any atom is -0.393 e. The van der Waals surface area contributed by atoms with E-state index in [9.17, 15) is 15.3 Å². The molecule has 10 atom stereocenters. The minimum absolute atomic E-state index is 0.146. The van der Waals surface area contributed by atoms with E-state index in [4.69, 9.17) is 0 Å². The Kier molecular flexibility index (Phi) is 6.41. The van der Waals surface area contributed by atoms with Crippen LogP contribution in [-0.2, 0) is 0 Å². The Bertz CT molecular complexity index is 646. The highest BCUT2D eigenvalue weighted by Gasteiger charge is 2.68. The van der Waals surface area contributed by atoms with Crippen molar-refractivity contribution in [2.24, 2.45) is 39.9 Å². The van der Waals surface area contributed by atoms with Gasteiger partial charge >= 0.3 is 0 Å². The minimum atomic E-state index is -0.574. The molecule has 4 rings (SSSR count). The summed E-state index contributed by atoms with van der Waals surface area (Å²) in [5.41, 5.74) is -0.105. The number of hydrogen-bond acceptors (Lipinski definition) is 3. The average Bonchev–Trinajstić information content (AvgIpc) is 3.06. The lowest BCUT2D eigenvalue weighted by Gasteiger charge is -2.67. The maximum absolute atomic E-state index is 11.6. The SMILES string of the molecule is CCCCCCC(C)(O)[C@H]1CC[C@H]2[C@]3(C)C[C@H](O)[C@H]4C[C@@H](O)CC[C@]4(C)[C@H]3CC[C@@]21C. The van der Waals surface area contributed by atoms with Crippen LogP contribution in [0, 0.1) is 39.9 Å². The first-order valence-corrected chi connectivity index (χ1v) is 13.6. The molecule has 4 aliphatic rings. The van der Waals surface area contributed by atoms with Gasteiger partial charge in [-0.15, -0.1) is 0 Å². The molecule has 0 aliphatic heterocycles. The smallest absolute Gasteiger partial charge is 0.0653 e. The predicted molar refractivity (Wildman–Crippen MR) is 127 cm³/mol. The Morgan fingerprint density at radius 3 is 2.23 bits per heavy atom. The fourth-order valence-corrected chi connectivity index (χ4v) is 10.1. The second-order valence-corrected chi connectivity index (χ2v) is 13.3. The summed E-state index contributed by atoms with van der Waals surface area (Å²) in [5, 5.41) is 33.3. The van der Waals surface area contributed by atoms with Gasteiger partial charge in [-0.2, -0.15) is 0 Å². The lowest BCUT2D eigenvalue weighted by molar-refractivity contribution is -0.217. The van der Waals surface area contributed by atoms with E-state index in [0.29, 0.717) is 17.8 Å². The van der Waals surface area contributed by atoms with Crippen LogP contribution < -0.4 is 0 Å². The zero-order valence-corrected chi connectivity index (χ0v) is 21.0. The molecule has 4 fully saturated rings. The zero-order chi connectivity index (χ0) is 22.7. The largest absolute Gasteiger partial charge is 0.393 e. The van der Waals surface area contributed by atoms with E-state index in [2.05, 4.69) is 34.6 Å². The van der Waals surface area contributed by atoms with Crippen LogP contribution in [0.15, 0.2) is 0 Å². The Morgan fingerprint density at radius 1 is 0.839 bits per heavy atom. The summed E-state index contributed by atoms with van der Waals surface area (Å²) < 4.78 is 0. The Hall–Kier alpha value is -0.120. The molecule has 0 radical (unpaired) electrons. The van der Waals surface area contributed by atoms with E-state index in [1.54, 1.807) is 0 Å². The molecule has 1 unspecified atom stereocenters. The van der Waals surface area contributed by atoms with Crippen LogP contribution in [0.4, 0.5) is 0 Å². The standard InChI is InChI=1S/C28H50O3/c1-6-7-8-9-14-28(5,31)24-11-10-22-26(24,3)16-13-23-25(2)15-12-19(29)17-20(25)21(30)18-27(22,23)4/h19-24,29-31H,6-18H2,1-5H3/t19-,20+,21-,22+,23+,24-,25-,26-,27-,28?/m0/s1. The van der Waals surface area contributed by atoms with Gasteiger partial charge < -0.3 is 15.3 Å². The lowest BCUT2D eigenvalue weighted by Crippen LogP contribution is -2.63. The first-order valence-electron chi connectivity index (χ1n) is 13.6. The Balaban J connectivity index is 1.58. The highest BCUT2D eigenvalue weighted by Crippen LogP contribution is 2.73. The van der Waals surface area contributed by atoms with Gasteiger partial charge in [0.1, 0.15) is 0 Å². The molecular formula is C28H50O3. The molecule has 4 aliphatic carbocycles. The van der Waals surface area contributed by atoms with Gasteiger partial charge in [0, 0.05) is 0 Å². The van der Waals surface area contributed by atoms with E-state index in [0.717, 1.165) is 44.9 Å². The molecule has 0 aromatic rings. The van der Waals surface area contributed by atoms with Crippen molar-refractivity contribution in [2.45, 2.75) is 136 Å². The molecule has 3 nitrogen and oxygen atoms in total. The fraction of sp³-hybridized carbons (Fsp3) is 1.00. The number of rotatable bonds is 6. The summed E-state index contributed by atoms with van der Waals surface area (Å²) in [6, 6.07) is 0. The van der Waals surface area contributed by atoms with Gasteiger partial charge in [0.15, 0.2) is 0 Å². The van der Waals surface area contributed by atoms with Crippen LogP contribution >= 0.6 is 0 Å². The van der Waals surface area contributed by atoms with E-state index in [1.807, 2.05) is 0 Å². The molecule has 4 saturated carbocycles. The average molecular weight is 435 g/mol. The Morgan fingerprint density at radius 2 is 1.52 bits per heavy atom. The van der Waals surface area contributed by atoms with Crippen LogP contribution in [-0.4, -0.2) is 33.1 Å². The molecule has 3 heteroatoms. The van der Waals surface area contributed by atoms with E-state index in [1.165, 1.54) is 38.5 Å². The normalized spacial score (nSPS) is 51.5. The summed E-state index contributed by atoms with van der Waals surface area (Å²) in [7, 11) is 0. The van der Waals surface area contributed by atoms with E-state index >= 15 is 0 Å². The summed E-state index contributed by atoms with van der Waals surface area (Å²) in [5.74, 6) is 1.84. The third-order valence-corrected chi connectivity index (χ3v) is 11.5. The zero-order valence-electron chi connectivity index (χ0n) is 21.0. The molecular weight excluding hydrogens is 384 g/mol. The third-order valence-electron chi connectivity index (χ3n) is 11.5. The van der Waals surface area contributed by atoms with Crippen molar-refractivity contribution in [1.82, 2.24) is 0 Å². The monoisotopic (exact) mass is 434 g/mol. The molecule has 0 amide bonds. The molecule has 31 heavy (non-hydrogen) atoms. The second kappa shape index (κ2) is 8.27. The fourth-order valence-electron chi connectivity index (χ4n) is 10.1. The molecule has 0 spiro atoms. The number of fused-ring (bicyclic) bond motifs is 5. The van der Waals surface area contributed by atoms with Crippen molar-refractivity contribution in [2.75, 3.05) is 0 Å². The van der Waals surface area contributed by atoms with Crippen molar-refractivity contribution < 1.29 is 15.3 Å². The van der Waals surface area contributed by atoms with Gasteiger partial charge in [0.2, 0.25) is 0 Å². The van der Waals surface area contributed by atoms with Gasteiger partial charge in [-0.3, -0.25) is 0 Å². The van der Waals surface area contributed by atoms with Gasteiger partial charge in [-0.25, -0.2) is 0 Å². The molecule has 0 saturated heterocycles.